The minimum absolute atomic E-state index is 0.0164. The number of rotatable bonds is 3. The Morgan fingerprint density at radius 1 is 1.40 bits per heavy atom. The van der Waals surface area contributed by atoms with Gasteiger partial charge in [0.15, 0.2) is 0 Å². The van der Waals surface area contributed by atoms with Gasteiger partial charge < -0.3 is 15.4 Å². The average Bonchev–Trinajstić information content (AvgIpc) is 2.88. The van der Waals surface area contributed by atoms with Crippen LogP contribution in [-0.2, 0) is 0 Å². The van der Waals surface area contributed by atoms with Crippen LogP contribution in [0.15, 0.2) is 36.5 Å². The number of nitrogens with one attached hydrogen (secondary N) is 2. The smallest absolute Gasteiger partial charge is 0.272 e. The van der Waals surface area contributed by atoms with Crippen molar-refractivity contribution in [2.45, 2.75) is 6.42 Å². The minimum atomic E-state index is -0.284. The van der Waals surface area contributed by atoms with Gasteiger partial charge in [-0.15, -0.1) is 0 Å². The molecule has 0 aliphatic rings. The van der Waals surface area contributed by atoms with E-state index in [1.54, 1.807) is 18.3 Å². The van der Waals surface area contributed by atoms with Crippen LogP contribution in [0.2, 0.25) is 5.02 Å². The molecule has 1 amide bonds. The second kappa shape index (κ2) is 6.80. The number of aliphatic hydroxyl groups is 1. The molecule has 0 saturated carbocycles. The zero-order valence-corrected chi connectivity index (χ0v) is 11.4. The molecule has 4 nitrogen and oxygen atoms in total. The van der Waals surface area contributed by atoms with Crippen molar-refractivity contribution in [3.8, 4) is 11.8 Å². The number of benzene rings is 1. The van der Waals surface area contributed by atoms with Gasteiger partial charge in [0.05, 0.1) is 17.3 Å². The number of hydrogen-bond acceptors (Lipinski definition) is 2. The van der Waals surface area contributed by atoms with Gasteiger partial charge in [0.2, 0.25) is 0 Å². The van der Waals surface area contributed by atoms with E-state index in [1.165, 1.54) is 0 Å². The van der Waals surface area contributed by atoms with E-state index >= 15 is 0 Å². The lowest BCUT2D eigenvalue weighted by atomic mass is 10.1. The zero-order chi connectivity index (χ0) is 14.4. The molecule has 3 N–H and O–H groups in total. The van der Waals surface area contributed by atoms with Crippen LogP contribution in [0.4, 0.5) is 5.69 Å². The number of carbonyl (C=O) groups excluding carboxylic acids is 1. The standard InChI is InChI=1S/C15H13ClN2O2/c16-12-9-14(17-10-12)15(20)18-13-7-2-1-5-11(13)6-3-4-8-19/h1-2,5,7,9-10,17,19H,4,8H2,(H,18,20). The highest BCUT2D eigenvalue weighted by Gasteiger charge is 2.09. The molecule has 20 heavy (non-hydrogen) atoms. The molecule has 0 saturated heterocycles. The predicted molar refractivity (Wildman–Crippen MR) is 78.8 cm³/mol. The van der Waals surface area contributed by atoms with Crippen molar-refractivity contribution in [1.29, 1.82) is 0 Å². The molecule has 102 valence electrons. The zero-order valence-electron chi connectivity index (χ0n) is 10.6. The van der Waals surface area contributed by atoms with Gasteiger partial charge >= 0.3 is 0 Å². The molecule has 0 radical (unpaired) electrons. The maximum Gasteiger partial charge on any atom is 0.272 e. The predicted octanol–water partition coefficient (Wildman–Crippen LogP) is 2.65. The molecule has 2 aromatic rings. The van der Waals surface area contributed by atoms with Crippen molar-refractivity contribution in [2.75, 3.05) is 11.9 Å². The van der Waals surface area contributed by atoms with Gasteiger partial charge in [0.25, 0.3) is 5.91 Å². The Morgan fingerprint density at radius 3 is 2.90 bits per heavy atom. The van der Waals surface area contributed by atoms with Crippen LogP contribution in [0.25, 0.3) is 0 Å². The Balaban J connectivity index is 2.17. The van der Waals surface area contributed by atoms with Crippen LogP contribution in [0.3, 0.4) is 0 Å². The van der Waals surface area contributed by atoms with Gasteiger partial charge in [-0.2, -0.15) is 0 Å². The highest BCUT2D eigenvalue weighted by Crippen LogP contribution is 2.16. The number of para-hydroxylation sites is 1. The number of anilines is 1. The molecule has 0 bridgehead atoms. The Morgan fingerprint density at radius 2 is 2.20 bits per heavy atom. The van der Waals surface area contributed by atoms with E-state index in [4.69, 9.17) is 16.7 Å². The second-order valence-corrected chi connectivity index (χ2v) is 4.44. The fourth-order valence-electron chi connectivity index (χ4n) is 1.60. The van der Waals surface area contributed by atoms with Crippen molar-refractivity contribution in [3.05, 3.63) is 52.8 Å². The number of aliphatic hydroxyl groups excluding tert-OH is 1. The molecule has 1 heterocycles. The number of amides is 1. The molecule has 0 spiro atoms. The first-order valence-electron chi connectivity index (χ1n) is 6.04. The summed E-state index contributed by atoms with van der Waals surface area (Å²) < 4.78 is 0. The highest BCUT2D eigenvalue weighted by molar-refractivity contribution is 6.31. The third-order valence-corrected chi connectivity index (χ3v) is 2.75. The number of aromatic nitrogens is 1. The van der Waals surface area contributed by atoms with Crippen LogP contribution in [0, 0.1) is 11.8 Å². The largest absolute Gasteiger partial charge is 0.395 e. The van der Waals surface area contributed by atoms with E-state index in [0.717, 1.165) is 0 Å². The first-order chi connectivity index (χ1) is 9.70. The molecule has 1 aromatic carbocycles. The third kappa shape index (κ3) is 3.64. The van der Waals surface area contributed by atoms with Gasteiger partial charge in [-0.05, 0) is 18.2 Å². The Labute approximate surface area is 121 Å². The van der Waals surface area contributed by atoms with Gasteiger partial charge in [0, 0.05) is 18.2 Å². The number of halogens is 1. The first kappa shape index (κ1) is 14.2. The molecule has 2 rings (SSSR count). The monoisotopic (exact) mass is 288 g/mol. The topological polar surface area (TPSA) is 65.1 Å². The third-order valence-electron chi connectivity index (χ3n) is 2.53. The molecule has 5 heteroatoms. The van der Waals surface area contributed by atoms with Crippen molar-refractivity contribution in [1.82, 2.24) is 4.98 Å². The summed E-state index contributed by atoms with van der Waals surface area (Å²) in [4.78, 5) is 14.8. The molecule has 0 aliphatic carbocycles. The Kier molecular flexibility index (Phi) is 4.83. The first-order valence-corrected chi connectivity index (χ1v) is 6.42. The summed E-state index contributed by atoms with van der Waals surface area (Å²) in [6.45, 7) is 0.0164. The lowest BCUT2D eigenvalue weighted by Gasteiger charge is -2.06. The molecular weight excluding hydrogens is 276 g/mol. The quantitative estimate of drug-likeness (QED) is 0.760. The summed E-state index contributed by atoms with van der Waals surface area (Å²) in [6, 6.07) is 8.78. The van der Waals surface area contributed by atoms with Gasteiger partial charge in [-0.3, -0.25) is 4.79 Å². The van der Waals surface area contributed by atoms with Gasteiger partial charge in [-0.1, -0.05) is 35.6 Å². The SMILES string of the molecule is O=C(Nc1ccccc1C#CCCO)c1cc(Cl)c[nH]1. The van der Waals surface area contributed by atoms with Crippen LogP contribution in [-0.4, -0.2) is 22.6 Å². The summed E-state index contributed by atoms with van der Waals surface area (Å²) in [5.41, 5.74) is 1.70. The van der Waals surface area contributed by atoms with Gasteiger partial charge in [0.1, 0.15) is 5.69 Å². The van der Waals surface area contributed by atoms with Gasteiger partial charge in [-0.25, -0.2) is 0 Å². The summed E-state index contributed by atoms with van der Waals surface area (Å²) >= 11 is 5.77. The van der Waals surface area contributed by atoms with Crippen molar-refractivity contribution >= 4 is 23.2 Å². The number of aromatic amines is 1. The average molecular weight is 289 g/mol. The van der Waals surface area contributed by atoms with Crippen molar-refractivity contribution in [3.63, 3.8) is 0 Å². The Hall–Kier alpha value is -2.22. The fraction of sp³-hybridized carbons (Fsp3) is 0.133. The summed E-state index contributed by atoms with van der Waals surface area (Å²) in [6.07, 6.45) is 1.94. The fourth-order valence-corrected chi connectivity index (χ4v) is 1.77. The van der Waals surface area contributed by atoms with E-state index in [9.17, 15) is 4.79 Å². The lowest BCUT2D eigenvalue weighted by molar-refractivity contribution is 0.102. The molecule has 0 atom stereocenters. The summed E-state index contributed by atoms with van der Waals surface area (Å²) in [5, 5.41) is 12.0. The Bertz CT molecular complexity index is 668. The summed E-state index contributed by atoms with van der Waals surface area (Å²) in [7, 11) is 0. The number of hydrogen-bond donors (Lipinski definition) is 3. The second-order valence-electron chi connectivity index (χ2n) is 4.01. The van der Waals surface area contributed by atoms with E-state index in [-0.39, 0.29) is 12.5 Å². The van der Waals surface area contributed by atoms with Crippen LogP contribution < -0.4 is 5.32 Å². The molecule has 0 aliphatic heterocycles. The van der Waals surface area contributed by atoms with E-state index < -0.39 is 0 Å². The van der Waals surface area contributed by atoms with Crippen LogP contribution in [0.1, 0.15) is 22.5 Å². The molecule has 0 unspecified atom stereocenters. The normalized spacial score (nSPS) is 9.70. The molecular formula is C15H13ClN2O2. The number of H-pyrrole nitrogens is 1. The number of carbonyl (C=O) groups is 1. The maximum absolute atomic E-state index is 12.0. The van der Waals surface area contributed by atoms with E-state index in [2.05, 4.69) is 22.1 Å². The lowest BCUT2D eigenvalue weighted by Crippen LogP contribution is -2.13. The maximum atomic E-state index is 12.0. The van der Waals surface area contributed by atoms with E-state index in [0.29, 0.717) is 28.4 Å². The van der Waals surface area contributed by atoms with Crippen molar-refractivity contribution in [2.24, 2.45) is 0 Å². The summed E-state index contributed by atoms with van der Waals surface area (Å²) in [5.74, 6) is 5.46. The minimum Gasteiger partial charge on any atom is -0.395 e. The molecule has 1 aromatic heterocycles. The van der Waals surface area contributed by atoms with Crippen LogP contribution >= 0.6 is 11.6 Å². The molecule has 0 fully saturated rings. The van der Waals surface area contributed by atoms with Crippen LogP contribution in [0.5, 0.6) is 0 Å². The van der Waals surface area contributed by atoms with E-state index in [1.807, 2.05) is 18.2 Å². The highest BCUT2D eigenvalue weighted by atomic mass is 35.5. The van der Waals surface area contributed by atoms with Crippen molar-refractivity contribution < 1.29 is 9.90 Å².